The highest BCUT2D eigenvalue weighted by atomic mass is 35.5. The van der Waals surface area contributed by atoms with Crippen LogP contribution >= 0.6 is 23.2 Å². The Bertz CT molecular complexity index is 1350. The lowest BCUT2D eigenvalue weighted by molar-refractivity contribution is -0.116. The van der Waals surface area contributed by atoms with Crippen molar-refractivity contribution in [1.82, 2.24) is 15.0 Å². The number of carbonyl (C=O) groups is 1. The van der Waals surface area contributed by atoms with Crippen molar-refractivity contribution in [3.8, 4) is 22.8 Å². The van der Waals surface area contributed by atoms with Gasteiger partial charge in [-0.15, -0.1) is 0 Å². The Morgan fingerprint density at radius 2 is 1.87 bits per heavy atom. The summed E-state index contributed by atoms with van der Waals surface area (Å²) in [4.78, 5) is 26.3. The van der Waals surface area contributed by atoms with Crippen molar-refractivity contribution in [1.29, 1.82) is 0 Å². The van der Waals surface area contributed by atoms with Gasteiger partial charge in [-0.2, -0.15) is 0 Å². The maximum atomic E-state index is 12.0. The molecule has 2 aliphatic rings. The molecule has 2 atom stereocenters. The number of nitrogens with one attached hydrogen (secondary N) is 2. The third-order valence-corrected chi connectivity index (χ3v) is 7.57. The monoisotopic (exact) mass is 557 g/mol. The molecule has 1 saturated heterocycles. The second-order valence-corrected chi connectivity index (χ2v) is 10.2. The predicted molar refractivity (Wildman–Crippen MR) is 149 cm³/mol. The van der Waals surface area contributed by atoms with Gasteiger partial charge >= 0.3 is 0 Å². The van der Waals surface area contributed by atoms with Crippen molar-refractivity contribution in [2.24, 2.45) is 5.92 Å². The first kappa shape index (κ1) is 26.5. The van der Waals surface area contributed by atoms with Crippen LogP contribution in [0.5, 0.6) is 11.5 Å². The number of hydrogen-bond acceptors (Lipinski definition) is 9. The normalized spacial score (nSPS) is 19.2. The van der Waals surface area contributed by atoms with E-state index in [0.29, 0.717) is 75.8 Å². The number of halogens is 2. The first-order chi connectivity index (χ1) is 18.4. The van der Waals surface area contributed by atoms with E-state index in [0.717, 1.165) is 24.6 Å². The highest BCUT2D eigenvalue weighted by molar-refractivity contribution is 6.41. The Hall–Kier alpha value is -3.14. The molecule has 1 aromatic carbocycles. The van der Waals surface area contributed by atoms with E-state index in [-0.39, 0.29) is 17.7 Å². The van der Waals surface area contributed by atoms with Gasteiger partial charge in [0.15, 0.2) is 11.6 Å². The van der Waals surface area contributed by atoms with Crippen LogP contribution in [-0.2, 0) is 9.53 Å². The SMILES string of the molecule is C=CC(=O)C[C@H]1CCOC[C@H]1Nc1ncc2cc(-c3c(Cl)c(OC)cc(OC)c3Cl)nc(NC3CC3)c2n1. The molecule has 5 rings (SSSR count). The Morgan fingerprint density at radius 3 is 2.53 bits per heavy atom. The van der Waals surface area contributed by atoms with E-state index in [1.165, 1.54) is 20.3 Å². The molecule has 2 aromatic heterocycles. The fourth-order valence-corrected chi connectivity index (χ4v) is 5.26. The summed E-state index contributed by atoms with van der Waals surface area (Å²) in [6.07, 6.45) is 6.39. The minimum absolute atomic E-state index is 0.0160. The van der Waals surface area contributed by atoms with Crippen molar-refractivity contribution in [2.45, 2.75) is 37.8 Å². The molecule has 1 aliphatic heterocycles. The van der Waals surface area contributed by atoms with Crippen molar-refractivity contribution >= 4 is 51.7 Å². The molecule has 0 unspecified atom stereocenters. The number of allylic oxidation sites excluding steroid dienone is 1. The van der Waals surface area contributed by atoms with E-state index in [4.69, 9.17) is 47.4 Å². The van der Waals surface area contributed by atoms with Gasteiger partial charge in [-0.1, -0.05) is 29.8 Å². The molecule has 11 heteroatoms. The maximum Gasteiger partial charge on any atom is 0.223 e. The molecular weight excluding hydrogens is 529 g/mol. The number of nitrogens with zero attached hydrogens (tertiary/aromatic N) is 3. The average Bonchev–Trinajstić information content (AvgIpc) is 3.74. The van der Waals surface area contributed by atoms with Gasteiger partial charge in [-0.3, -0.25) is 4.79 Å². The summed E-state index contributed by atoms with van der Waals surface area (Å²) in [7, 11) is 3.06. The van der Waals surface area contributed by atoms with E-state index in [1.807, 2.05) is 6.07 Å². The topological polar surface area (TPSA) is 107 Å². The number of fused-ring (bicyclic) bond motifs is 1. The van der Waals surface area contributed by atoms with Crippen LogP contribution in [0.3, 0.4) is 0 Å². The molecule has 1 aliphatic carbocycles. The van der Waals surface area contributed by atoms with Crippen LogP contribution in [0, 0.1) is 5.92 Å². The number of benzene rings is 1. The van der Waals surface area contributed by atoms with E-state index in [2.05, 4.69) is 22.2 Å². The zero-order valence-corrected chi connectivity index (χ0v) is 22.7. The van der Waals surface area contributed by atoms with Crippen molar-refractivity contribution in [2.75, 3.05) is 38.1 Å². The molecule has 3 heterocycles. The number of carbonyl (C=O) groups excluding carboxylic acids is 1. The molecule has 3 aromatic rings. The molecule has 1 saturated carbocycles. The Balaban J connectivity index is 1.54. The largest absolute Gasteiger partial charge is 0.495 e. The van der Waals surface area contributed by atoms with E-state index in [1.54, 1.807) is 12.3 Å². The van der Waals surface area contributed by atoms with Crippen LogP contribution in [0.15, 0.2) is 31.0 Å². The van der Waals surface area contributed by atoms with Crippen molar-refractivity contribution in [3.05, 3.63) is 41.0 Å². The minimum Gasteiger partial charge on any atom is -0.495 e. The Kier molecular flexibility index (Phi) is 7.88. The number of rotatable bonds is 10. The van der Waals surface area contributed by atoms with E-state index in [9.17, 15) is 4.79 Å². The molecule has 2 fully saturated rings. The quantitative estimate of drug-likeness (QED) is 0.310. The van der Waals surface area contributed by atoms with Crippen LogP contribution in [0.1, 0.15) is 25.7 Å². The van der Waals surface area contributed by atoms with Gasteiger partial charge in [0.05, 0.1) is 42.6 Å². The third kappa shape index (κ3) is 5.50. The van der Waals surface area contributed by atoms with Gasteiger partial charge in [0, 0.05) is 42.3 Å². The van der Waals surface area contributed by atoms with E-state index < -0.39 is 0 Å². The number of methoxy groups -OCH3 is 2. The number of ketones is 1. The zero-order valence-electron chi connectivity index (χ0n) is 21.2. The van der Waals surface area contributed by atoms with Crippen LogP contribution in [0.25, 0.3) is 22.2 Å². The second-order valence-electron chi connectivity index (χ2n) is 9.44. The number of anilines is 2. The van der Waals surface area contributed by atoms with Crippen LogP contribution in [0.2, 0.25) is 10.0 Å². The predicted octanol–water partition coefficient (Wildman–Crippen LogP) is 5.55. The van der Waals surface area contributed by atoms with Crippen LogP contribution in [-0.4, -0.2) is 60.3 Å². The fourth-order valence-electron chi connectivity index (χ4n) is 4.56. The Labute approximate surface area is 230 Å². The smallest absolute Gasteiger partial charge is 0.223 e. The van der Waals surface area contributed by atoms with Crippen LogP contribution < -0.4 is 20.1 Å². The standard InChI is InChI=1S/C27H29Cl2N5O4/c1-4-17(35)9-14-7-8-38-13-19(14)33-27-30-12-15-10-18(32-26(25(15)34-27)31-16-5-6-16)22-23(28)20(36-2)11-21(37-3)24(22)29/h4,10-12,14,16,19H,1,5-9,13H2,2-3H3,(H,31,32)(H,30,33,34)/t14-,19-/m1/s1. The first-order valence-corrected chi connectivity index (χ1v) is 13.2. The molecule has 9 nitrogen and oxygen atoms in total. The molecule has 0 radical (unpaired) electrons. The molecule has 0 bridgehead atoms. The third-order valence-electron chi connectivity index (χ3n) is 6.82. The second kappa shape index (κ2) is 11.3. The molecule has 38 heavy (non-hydrogen) atoms. The fraction of sp³-hybridized carbons (Fsp3) is 0.407. The lowest BCUT2D eigenvalue weighted by Crippen LogP contribution is -2.40. The maximum absolute atomic E-state index is 12.0. The van der Waals surface area contributed by atoms with Crippen molar-refractivity contribution < 1.29 is 19.0 Å². The summed E-state index contributed by atoms with van der Waals surface area (Å²) in [5, 5.41) is 8.28. The minimum atomic E-state index is -0.0981. The average molecular weight is 558 g/mol. The molecule has 2 N–H and O–H groups in total. The molecule has 200 valence electrons. The molecule has 0 amide bonds. The van der Waals surface area contributed by atoms with E-state index >= 15 is 0 Å². The zero-order chi connectivity index (χ0) is 26.8. The summed E-state index contributed by atoms with van der Waals surface area (Å²) in [5.74, 6) is 2.02. The summed E-state index contributed by atoms with van der Waals surface area (Å²) in [5.41, 5.74) is 1.71. The highest BCUT2D eigenvalue weighted by Gasteiger charge is 2.29. The van der Waals surface area contributed by atoms with Gasteiger partial charge < -0.3 is 24.8 Å². The van der Waals surface area contributed by atoms with Gasteiger partial charge in [0.25, 0.3) is 0 Å². The number of pyridine rings is 1. The molecular formula is C27H29Cl2N5O4. The van der Waals surface area contributed by atoms with Gasteiger partial charge in [-0.05, 0) is 37.3 Å². The van der Waals surface area contributed by atoms with Gasteiger partial charge in [0.2, 0.25) is 5.95 Å². The summed E-state index contributed by atoms with van der Waals surface area (Å²) in [6.45, 7) is 4.68. The number of hydrogen-bond donors (Lipinski definition) is 2. The Morgan fingerprint density at radius 1 is 1.13 bits per heavy atom. The highest BCUT2D eigenvalue weighted by Crippen LogP contribution is 2.46. The first-order valence-electron chi connectivity index (χ1n) is 12.5. The summed E-state index contributed by atoms with van der Waals surface area (Å²) in [6, 6.07) is 3.71. The lowest BCUT2D eigenvalue weighted by atomic mass is 9.90. The number of ether oxygens (including phenoxy) is 3. The van der Waals surface area contributed by atoms with Gasteiger partial charge in [-0.25, -0.2) is 15.0 Å². The summed E-state index contributed by atoms with van der Waals surface area (Å²) < 4.78 is 16.6. The molecule has 0 spiro atoms. The lowest BCUT2D eigenvalue weighted by Gasteiger charge is -2.31. The number of aromatic nitrogens is 3. The van der Waals surface area contributed by atoms with Crippen LogP contribution in [0.4, 0.5) is 11.8 Å². The summed E-state index contributed by atoms with van der Waals surface area (Å²) >= 11 is 13.4. The van der Waals surface area contributed by atoms with Gasteiger partial charge in [0.1, 0.15) is 17.0 Å². The van der Waals surface area contributed by atoms with Crippen molar-refractivity contribution in [3.63, 3.8) is 0 Å².